The molecular weight excluding hydrogens is 540 g/mol. The van der Waals surface area contributed by atoms with Crippen molar-refractivity contribution in [2.24, 2.45) is 0 Å². The number of hydrogen-bond donors (Lipinski definition) is 1. The van der Waals surface area contributed by atoms with E-state index in [9.17, 15) is 19.5 Å². The molecule has 0 amide bonds. The van der Waals surface area contributed by atoms with E-state index in [1.165, 1.54) is 0 Å². The number of rotatable bonds is 29. The molecule has 0 radical (unpaired) electrons. The van der Waals surface area contributed by atoms with Crippen LogP contribution >= 0.6 is 0 Å². The van der Waals surface area contributed by atoms with Gasteiger partial charge in [-0.3, -0.25) is 14.5 Å². The molecule has 0 aromatic carbocycles. The summed E-state index contributed by atoms with van der Waals surface area (Å²) in [6.07, 6.45) is 9.65. The van der Waals surface area contributed by atoms with E-state index in [4.69, 9.17) is 18.9 Å². The van der Waals surface area contributed by atoms with Crippen LogP contribution < -0.4 is 0 Å². The van der Waals surface area contributed by atoms with Crippen LogP contribution in [-0.4, -0.2) is 105 Å². The summed E-state index contributed by atoms with van der Waals surface area (Å²) in [5.41, 5.74) is 0. The minimum atomic E-state index is -0.760. The van der Waals surface area contributed by atoms with E-state index < -0.39 is 12.3 Å². The summed E-state index contributed by atoms with van der Waals surface area (Å²) < 4.78 is 21.6. The van der Waals surface area contributed by atoms with Crippen LogP contribution in [0, 0.1) is 0 Å². The Balaban J connectivity index is 4.65. The molecule has 42 heavy (non-hydrogen) atoms. The molecule has 0 saturated carbocycles. The van der Waals surface area contributed by atoms with Gasteiger partial charge < -0.3 is 29.0 Å². The highest BCUT2D eigenvalue weighted by atomic mass is 16.7. The molecule has 0 spiro atoms. The maximum Gasteiger partial charge on any atom is 0.508 e. The molecule has 0 atom stereocenters. The fourth-order valence-electron chi connectivity index (χ4n) is 4.51. The number of aliphatic hydroxyl groups is 1. The van der Waals surface area contributed by atoms with Gasteiger partial charge in [0.1, 0.15) is 12.7 Å². The number of likely N-dealkylation sites (N-methyl/N-ethyl adjacent to an activating group) is 1. The van der Waals surface area contributed by atoms with Gasteiger partial charge in [-0.15, -0.1) is 0 Å². The third kappa shape index (κ3) is 24.7. The highest BCUT2D eigenvalue weighted by molar-refractivity contribution is 5.69. The van der Waals surface area contributed by atoms with E-state index in [1.54, 1.807) is 0 Å². The summed E-state index contributed by atoms with van der Waals surface area (Å²) in [7, 11) is 0. The number of aliphatic hydroxyl groups excluding tert-OH is 1. The number of unbranched alkanes of at least 4 members (excludes halogenated alkanes) is 6. The average molecular weight is 603 g/mol. The molecule has 0 bridgehead atoms. The third-order valence-electron chi connectivity index (χ3n) is 7.27. The van der Waals surface area contributed by atoms with Gasteiger partial charge in [-0.2, -0.15) is 0 Å². The predicted molar refractivity (Wildman–Crippen MR) is 165 cm³/mol. The molecule has 0 aromatic rings. The third-order valence-corrected chi connectivity index (χ3v) is 7.27. The van der Waals surface area contributed by atoms with Gasteiger partial charge in [0.05, 0.1) is 19.8 Å². The fraction of sp³-hybridized carbons (Fsp3) is 0.906. The Bertz CT molecular complexity index is 628. The van der Waals surface area contributed by atoms with Crippen LogP contribution in [0.25, 0.3) is 0 Å². The molecule has 0 unspecified atom stereocenters. The zero-order valence-electron chi connectivity index (χ0n) is 27.2. The first kappa shape index (κ1) is 40.1. The zero-order valence-corrected chi connectivity index (χ0v) is 27.2. The fourth-order valence-corrected chi connectivity index (χ4v) is 4.51. The number of carbonyl (C=O) groups is 3. The summed E-state index contributed by atoms with van der Waals surface area (Å²) in [4.78, 5) is 41.1. The van der Waals surface area contributed by atoms with Crippen molar-refractivity contribution in [1.82, 2.24) is 9.80 Å². The van der Waals surface area contributed by atoms with Gasteiger partial charge in [0, 0.05) is 39.0 Å². The van der Waals surface area contributed by atoms with Gasteiger partial charge in [0.2, 0.25) is 0 Å². The first-order valence-electron chi connectivity index (χ1n) is 16.6. The van der Waals surface area contributed by atoms with E-state index in [0.29, 0.717) is 52.0 Å². The van der Waals surface area contributed by atoms with Crippen molar-refractivity contribution in [2.45, 2.75) is 124 Å². The van der Waals surface area contributed by atoms with Crippen molar-refractivity contribution in [3.63, 3.8) is 0 Å². The van der Waals surface area contributed by atoms with E-state index in [2.05, 4.69) is 37.5 Å². The number of ether oxygens (including phenoxy) is 4. The van der Waals surface area contributed by atoms with Gasteiger partial charge in [0.15, 0.2) is 0 Å². The zero-order chi connectivity index (χ0) is 31.3. The molecule has 0 heterocycles. The lowest BCUT2D eigenvalue weighted by atomic mass is 10.1. The molecule has 1 N–H and O–H groups in total. The van der Waals surface area contributed by atoms with Crippen LogP contribution in [0.1, 0.15) is 118 Å². The maximum absolute atomic E-state index is 12.5. The van der Waals surface area contributed by atoms with E-state index >= 15 is 0 Å². The van der Waals surface area contributed by atoms with Gasteiger partial charge >= 0.3 is 18.1 Å². The number of nitrogens with zero attached hydrogens (tertiary/aromatic N) is 2. The van der Waals surface area contributed by atoms with Crippen molar-refractivity contribution >= 4 is 18.1 Å². The van der Waals surface area contributed by atoms with Crippen molar-refractivity contribution in [2.75, 3.05) is 65.7 Å². The maximum atomic E-state index is 12.5. The SMILES string of the molecule is CCCCCCOC(=O)CCCC(CCCC(=O)OCCCCCC)OC(=O)OCCN(CCO)CCN(CC)CC. The molecule has 10 nitrogen and oxygen atoms in total. The smallest absolute Gasteiger partial charge is 0.466 e. The Labute approximate surface area is 255 Å². The average Bonchev–Trinajstić information content (AvgIpc) is 2.97. The second-order valence-electron chi connectivity index (χ2n) is 10.8. The Hall–Kier alpha value is -1.91. The Morgan fingerprint density at radius 1 is 0.595 bits per heavy atom. The van der Waals surface area contributed by atoms with E-state index in [-0.39, 0.29) is 38.0 Å². The summed E-state index contributed by atoms with van der Waals surface area (Å²) in [5, 5.41) is 9.40. The van der Waals surface area contributed by atoms with E-state index in [1.807, 2.05) is 0 Å². The van der Waals surface area contributed by atoms with Gasteiger partial charge in [-0.25, -0.2) is 4.79 Å². The quantitative estimate of drug-likeness (QED) is 0.0646. The first-order chi connectivity index (χ1) is 20.4. The van der Waals surface area contributed by atoms with Crippen LogP contribution in [0.3, 0.4) is 0 Å². The monoisotopic (exact) mass is 602 g/mol. The topological polar surface area (TPSA) is 115 Å². The Kier molecular flexibility index (Phi) is 27.8. The highest BCUT2D eigenvalue weighted by Gasteiger charge is 2.18. The summed E-state index contributed by atoms with van der Waals surface area (Å²) in [5.74, 6) is -0.485. The van der Waals surface area contributed by atoms with Crippen LogP contribution in [0.15, 0.2) is 0 Å². The van der Waals surface area contributed by atoms with Crippen molar-refractivity contribution < 1.29 is 38.4 Å². The van der Waals surface area contributed by atoms with Crippen molar-refractivity contribution in [1.29, 1.82) is 0 Å². The summed E-state index contributed by atoms with van der Waals surface area (Å²) >= 11 is 0. The molecule has 0 rings (SSSR count). The lowest BCUT2D eigenvalue weighted by Crippen LogP contribution is -2.38. The molecule has 0 aromatic heterocycles. The lowest BCUT2D eigenvalue weighted by molar-refractivity contribution is -0.144. The normalized spacial score (nSPS) is 11.3. The number of carbonyl (C=O) groups excluding carboxylic acids is 3. The van der Waals surface area contributed by atoms with Crippen molar-refractivity contribution in [3.8, 4) is 0 Å². The molecule has 0 fully saturated rings. The second kappa shape index (κ2) is 29.2. The number of hydrogen-bond acceptors (Lipinski definition) is 10. The molecule has 10 heteroatoms. The largest absolute Gasteiger partial charge is 0.508 e. The Morgan fingerprint density at radius 2 is 1.12 bits per heavy atom. The van der Waals surface area contributed by atoms with Gasteiger partial charge in [-0.1, -0.05) is 66.2 Å². The van der Waals surface area contributed by atoms with Gasteiger partial charge in [-0.05, 0) is 51.6 Å². The molecule has 0 aliphatic rings. The van der Waals surface area contributed by atoms with E-state index in [0.717, 1.165) is 77.5 Å². The van der Waals surface area contributed by atoms with Crippen LogP contribution in [0.5, 0.6) is 0 Å². The minimum absolute atomic E-state index is 0.0348. The highest BCUT2D eigenvalue weighted by Crippen LogP contribution is 2.15. The minimum Gasteiger partial charge on any atom is -0.466 e. The molecule has 0 saturated heterocycles. The molecular formula is C32H62N2O8. The van der Waals surface area contributed by atoms with Crippen LogP contribution in [0.2, 0.25) is 0 Å². The Morgan fingerprint density at radius 3 is 1.60 bits per heavy atom. The first-order valence-corrected chi connectivity index (χ1v) is 16.6. The standard InChI is InChI=1S/C32H62N2O8/c1-5-9-11-13-26-39-30(36)19-15-17-29(18-16-20-31(37)40-27-14-12-10-6-2)42-32(38)41-28-24-34(23-25-35)22-21-33(7-3)8-4/h29,35H,5-28H2,1-4H3. The number of esters is 2. The van der Waals surface area contributed by atoms with Gasteiger partial charge in [0.25, 0.3) is 0 Å². The molecule has 0 aliphatic heterocycles. The lowest BCUT2D eigenvalue weighted by Gasteiger charge is -2.25. The summed E-state index contributed by atoms with van der Waals surface area (Å²) in [6.45, 7) is 14.1. The molecule has 0 aliphatic carbocycles. The second-order valence-corrected chi connectivity index (χ2v) is 10.8. The van der Waals surface area contributed by atoms with Crippen molar-refractivity contribution in [3.05, 3.63) is 0 Å². The van der Waals surface area contributed by atoms with Crippen LogP contribution in [0.4, 0.5) is 4.79 Å². The molecule has 248 valence electrons. The summed E-state index contributed by atoms with van der Waals surface area (Å²) in [6, 6.07) is 0. The predicted octanol–water partition coefficient (Wildman–Crippen LogP) is 5.73. The van der Waals surface area contributed by atoms with Crippen LogP contribution in [-0.2, 0) is 28.5 Å².